The van der Waals surface area contributed by atoms with Gasteiger partial charge in [0.05, 0.1) is 6.10 Å². The van der Waals surface area contributed by atoms with Gasteiger partial charge in [-0.1, -0.05) is 0 Å². The summed E-state index contributed by atoms with van der Waals surface area (Å²) in [5.74, 6) is -0.0180. The Kier molecular flexibility index (Phi) is 5.05. The van der Waals surface area contributed by atoms with Gasteiger partial charge in [0.15, 0.2) is 0 Å². The van der Waals surface area contributed by atoms with E-state index in [4.69, 9.17) is 4.74 Å². The first-order chi connectivity index (χ1) is 7.09. The molecule has 0 radical (unpaired) electrons. The van der Waals surface area contributed by atoms with E-state index in [9.17, 15) is 4.79 Å². The van der Waals surface area contributed by atoms with Crippen molar-refractivity contribution >= 4 is 5.91 Å². The molecule has 2 atom stereocenters. The van der Waals surface area contributed by atoms with Gasteiger partial charge in [0.1, 0.15) is 6.10 Å². The predicted octanol–water partition coefficient (Wildman–Crippen LogP) is 0.668. The highest BCUT2D eigenvalue weighted by molar-refractivity contribution is 5.80. The number of rotatable bonds is 4. The van der Waals surface area contributed by atoms with Crippen LogP contribution >= 0.6 is 0 Å². The van der Waals surface area contributed by atoms with Crippen LogP contribution in [-0.4, -0.2) is 37.2 Å². The summed E-state index contributed by atoms with van der Waals surface area (Å²) in [6.45, 7) is 7.64. The number of hydrogen-bond acceptors (Lipinski definition) is 3. The smallest absolute Gasteiger partial charge is 0.249 e. The lowest BCUT2D eigenvalue weighted by molar-refractivity contribution is -0.136. The lowest BCUT2D eigenvalue weighted by Crippen LogP contribution is -2.43. The molecule has 1 rings (SSSR count). The fourth-order valence-electron chi connectivity index (χ4n) is 1.69. The van der Waals surface area contributed by atoms with Crippen molar-refractivity contribution in [3.05, 3.63) is 0 Å². The van der Waals surface area contributed by atoms with Crippen LogP contribution in [0.25, 0.3) is 0 Å². The van der Waals surface area contributed by atoms with Crippen LogP contribution in [0.5, 0.6) is 0 Å². The van der Waals surface area contributed by atoms with Gasteiger partial charge in [-0.15, -0.1) is 0 Å². The molecule has 0 aromatic heterocycles. The maximum absolute atomic E-state index is 11.6. The second-order valence-corrected chi connectivity index (χ2v) is 4.41. The molecule has 0 aromatic rings. The molecule has 15 heavy (non-hydrogen) atoms. The molecule has 0 saturated carbocycles. The van der Waals surface area contributed by atoms with Crippen molar-refractivity contribution in [1.82, 2.24) is 10.6 Å². The minimum absolute atomic E-state index is 0.0180. The summed E-state index contributed by atoms with van der Waals surface area (Å²) in [4.78, 5) is 11.6. The van der Waals surface area contributed by atoms with Crippen molar-refractivity contribution in [2.24, 2.45) is 0 Å². The van der Waals surface area contributed by atoms with Crippen LogP contribution in [-0.2, 0) is 9.53 Å². The molecular weight excluding hydrogens is 192 g/mol. The van der Waals surface area contributed by atoms with E-state index < -0.39 is 0 Å². The molecular formula is C11H22N2O2. The Morgan fingerprint density at radius 1 is 1.47 bits per heavy atom. The Balaban J connectivity index is 2.26. The van der Waals surface area contributed by atoms with E-state index in [1.165, 1.54) is 0 Å². The number of piperidine rings is 1. The summed E-state index contributed by atoms with van der Waals surface area (Å²) < 4.78 is 5.68. The van der Waals surface area contributed by atoms with Gasteiger partial charge in [0, 0.05) is 12.6 Å². The maximum Gasteiger partial charge on any atom is 0.249 e. The Morgan fingerprint density at radius 2 is 2.20 bits per heavy atom. The molecule has 1 fully saturated rings. The molecule has 1 aliphatic rings. The van der Waals surface area contributed by atoms with Crippen molar-refractivity contribution in [1.29, 1.82) is 0 Å². The lowest BCUT2D eigenvalue weighted by Gasteiger charge is -2.26. The maximum atomic E-state index is 11.6. The van der Waals surface area contributed by atoms with E-state index in [1.54, 1.807) is 0 Å². The van der Waals surface area contributed by atoms with Crippen LogP contribution in [0, 0.1) is 0 Å². The zero-order valence-electron chi connectivity index (χ0n) is 9.88. The molecule has 0 aromatic carbocycles. The van der Waals surface area contributed by atoms with Crippen LogP contribution in [0.3, 0.4) is 0 Å². The molecule has 1 aliphatic heterocycles. The summed E-state index contributed by atoms with van der Waals surface area (Å²) in [6, 6.07) is 0.174. The molecule has 4 heteroatoms. The molecule has 0 bridgehead atoms. The molecule has 4 nitrogen and oxygen atoms in total. The first-order valence-electron chi connectivity index (χ1n) is 5.76. The molecule has 1 saturated heterocycles. The molecule has 88 valence electrons. The highest BCUT2D eigenvalue weighted by Crippen LogP contribution is 2.08. The molecule has 2 N–H and O–H groups in total. The van der Waals surface area contributed by atoms with Gasteiger partial charge in [-0.25, -0.2) is 0 Å². The van der Waals surface area contributed by atoms with Gasteiger partial charge in [0.2, 0.25) is 5.91 Å². The van der Waals surface area contributed by atoms with Gasteiger partial charge in [0.25, 0.3) is 0 Å². The summed E-state index contributed by atoms with van der Waals surface area (Å²) in [7, 11) is 0. The Labute approximate surface area is 91.8 Å². The average Bonchev–Trinajstić information content (AvgIpc) is 2.18. The Hall–Kier alpha value is -0.610. The van der Waals surface area contributed by atoms with Crippen molar-refractivity contribution < 1.29 is 9.53 Å². The minimum atomic E-state index is -0.350. The summed E-state index contributed by atoms with van der Waals surface area (Å²) in [5, 5.41) is 6.11. The largest absolute Gasteiger partial charge is 0.364 e. The molecule has 0 aliphatic carbocycles. The number of ether oxygens (including phenoxy) is 1. The number of carbonyl (C=O) groups excluding carboxylic acids is 1. The monoisotopic (exact) mass is 214 g/mol. The van der Waals surface area contributed by atoms with Crippen LogP contribution < -0.4 is 10.6 Å². The fourth-order valence-corrected chi connectivity index (χ4v) is 1.69. The third kappa shape index (κ3) is 4.62. The van der Waals surface area contributed by atoms with Crippen LogP contribution in [0.2, 0.25) is 0 Å². The molecule has 2 unspecified atom stereocenters. The minimum Gasteiger partial charge on any atom is -0.364 e. The topological polar surface area (TPSA) is 50.4 Å². The van der Waals surface area contributed by atoms with Gasteiger partial charge >= 0.3 is 0 Å². The van der Waals surface area contributed by atoms with Crippen molar-refractivity contribution in [2.45, 2.75) is 51.9 Å². The highest BCUT2D eigenvalue weighted by Gasteiger charge is 2.20. The third-order valence-electron chi connectivity index (χ3n) is 2.45. The second kappa shape index (κ2) is 6.08. The predicted molar refractivity (Wildman–Crippen MR) is 59.7 cm³/mol. The first kappa shape index (κ1) is 12.5. The van der Waals surface area contributed by atoms with E-state index in [2.05, 4.69) is 10.6 Å². The summed E-state index contributed by atoms with van der Waals surface area (Å²) in [6.07, 6.45) is 2.01. The van der Waals surface area contributed by atoms with E-state index in [1.807, 2.05) is 20.8 Å². The Morgan fingerprint density at radius 3 is 2.73 bits per heavy atom. The van der Waals surface area contributed by atoms with E-state index in [-0.39, 0.29) is 24.2 Å². The number of nitrogens with one attached hydrogen (secondary N) is 2. The molecule has 0 spiro atoms. The zero-order valence-corrected chi connectivity index (χ0v) is 9.88. The normalized spacial score (nSPS) is 23.9. The number of hydrogen-bond donors (Lipinski definition) is 2. The van der Waals surface area contributed by atoms with Crippen LogP contribution in [0.4, 0.5) is 0 Å². The van der Waals surface area contributed by atoms with Crippen molar-refractivity contribution in [3.8, 4) is 0 Å². The fraction of sp³-hybridized carbons (Fsp3) is 0.909. The van der Waals surface area contributed by atoms with E-state index in [0.717, 1.165) is 25.9 Å². The standard InChI is InChI=1S/C11H22N2O2/c1-8(2)13-11(14)9(3)15-10-5-4-6-12-7-10/h8-10,12H,4-7H2,1-3H3,(H,13,14). The summed E-state index contributed by atoms with van der Waals surface area (Å²) >= 11 is 0. The van der Waals surface area contributed by atoms with Gasteiger partial charge < -0.3 is 15.4 Å². The van der Waals surface area contributed by atoms with Crippen molar-refractivity contribution in [2.75, 3.05) is 13.1 Å². The second-order valence-electron chi connectivity index (χ2n) is 4.41. The SMILES string of the molecule is CC(C)NC(=O)C(C)OC1CCCNC1. The third-order valence-corrected chi connectivity index (χ3v) is 2.45. The molecule has 1 amide bonds. The lowest BCUT2D eigenvalue weighted by atomic mass is 10.1. The van der Waals surface area contributed by atoms with Crippen LogP contribution in [0.15, 0.2) is 0 Å². The van der Waals surface area contributed by atoms with Crippen molar-refractivity contribution in [3.63, 3.8) is 0 Å². The number of carbonyl (C=O) groups is 1. The molecule has 1 heterocycles. The van der Waals surface area contributed by atoms with Gasteiger partial charge in [-0.05, 0) is 40.2 Å². The number of amides is 1. The zero-order chi connectivity index (χ0) is 11.3. The average molecular weight is 214 g/mol. The van der Waals surface area contributed by atoms with Gasteiger partial charge in [-0.2, -0.15) is 0 Å². The van der Waals surface area contributed by atoms with E-state index in [0.29, 0.717) is 0 Å². The van der Waals surface area contributed by atoms with Crippen LogP contribution in [0.1, 0.15) is 33.6 Å². The van der Waals surface area contributed by atoms with Gasteiger partial charge in [-0.3, -0.25) is 4.79 Å². The Bertz CT molecular complexity index is 201. The first-order valence-corrected chi connectivity index (χ1v) is 5.76. The van der Waals surface area contributed by atoms with E-state index >= 15 is 0 Å². The quantitative estimate of drug-likeness (QED) is 0.723. The highest BCUT2D eigenvalue weighted by atomic mass is 16.5. The summed E-state index contributed by atoms with van der Waals surface area (Å²) in [5.41, 5.74) is 0.